The summed E-state index contributed by atoms with van der Waals surface area (Å²) in [5.41, 5.74) is 2.03. The SMILES string of the molecule is CC1(C)CCC(O)(Cc2cc(Cl)cc3c2OCC3)CC1. The lowest BCUT2D eigenvalue weighted by Crippen LogP contribution is -2.38. The molecule has 0 unspecified atom stereocenters. The number of ether oxygens (including phenoxy) is 1. The summed E-state index contributed by atoms with van der Waals surface area (Å²) in [7, 11) is 0. The largest absolute Gasteiger partial charge is 0.493 e. The summed E-state index contributed by atoms with van der Waals surface area (Å²) in [5, 5.41) is 11.6. The molecule has 2 nitrogen and oxygen atoms in total. The van der Waals surface area contributed by atoms with E-state index in [1.807, 2.05) is 12.1 Å². The molecule has 1 heterocycles. The summed E-state index contributed by atoms with van der Waals surface area (Å²) in [6, 6.07) is 3.95. The highest BCUT2D eigenvalue weighted by Gasteiger charge is 2.37. The summed E-state index contributed by atoms with van der Waals surface area (Å²) in [5.74, 6) is 0.965. The third kappa shape index (κ3) is 2.82. The van der Waals surface area contributed by atoms with Crippen molar-refractivity contribution >= 4 is 11.6 Å². The second-order valence-electron chi connectivity index (χ2n) is 7.22. The molecule has 0 amide bonds. The predicted molar refractivity (Wildman–Crippen MR) is 81.6 cm³/mol. The van der Waals surface area contributed by atoms with Gasteiger partial charge >= 0.3 is 0 Å². The van der Waals surface area contributed by atoms with Gasteiger partial charge < -0.3 is 9.84 Å². The molecule has 0 aromatic heterocycles. The topological polar surface area (TPSA) is 29.5 Å². The van der Waals surface area contributed by atoms with Crippen LogP contribution in [0, 0.1) is 5.41 Å². The zero-order valence-electron chi connectivity index (χ0n) is 12.3. The van der Waals surface area contributed by atoms with Crippen molar-refractivity contribution in [2.75, 3.05) is 6.61 Å². The molecule has 3 heteroatoms. The molecular formula is C17H23ClO2. The van der Waals surface area contributed by atoms with Crippen LogP contribution < -0.4 is 4.74 Å². The molecule has 1 aliphatic heterocycles. The van der Waals surface area contributed by atoms with Gasteiger partial charge in [0.2, 0.25) is 0 Å². The van der Waals surface area contributed by atoms with Gasteiger partial charge in [-0.15, -0.1) is 0 Å². The van der Waals surface area contributed by atoms with Crippen molar-refractivity contribution < 1.29 is 9.84 Å². The van der Waals surface area contributed by atoms with E-state index < -0.39 is 5.60 Å². The Balaban J connectivity index is 1.82. The van der Waals surface area contributed by atoms with Gasteiger partial charge in [-0.25, -0.2) is 0 Å². The normalized spacial score (nSPS) is 23.2. The molecule has 110 valence electrons. The Morgan fingerprint density at radius 1 is 1.20 bits per heavy atom. The zero-order chi connectivity index (χ0) is 14.4. The smallest absolute Gasteiger partial charge is 0.126 e. The highest BCUT2D eigenvalue weighted by Crippen LogP contribution is 2.43. The summed E-state index contributed by atoms with van der Waals surface area (Å²) in [4.78, 5) is 0. The summed E-state index contributed by atoms with van der Waals surface area (Å²) in [6.45, 7) is 5.30. The van der Waals surface area contributed by atoms with E-state index in [1.54, 1.807) is 0 Å². The first-order chi connectivity index (χ1) is 9.37. The molecule has 3 rings (SSSR count). The molecule has 20 heavy (non-hydrogen) atoms. The van der Waals surface area contributed by atoms with Crippen LogP contribution in [0.4, 0.5) is 0 Å². The first kappa shape index (κ1) is 14.2. The number of hydrogen-bond acceptors (Lipinski definition) is 2. The third-order valence-electron chi connectivity index (χ3n) is 4.88. The average Bonchev–Trinajstić information content (AvgIpc) is 2.82. The monoisotopic (exact) mass is 294 g/mol. The molecule has 1 saturated carbocycles. The van der Waals surface area contributed by atoms with Crippen molar-refractivity contribution in [3.05, 3.63) is 28.3 Å². The van der Waals surface area contributed by atoms with Crippen LogP contribution in [0.15, 0.2) is 12.1 Å². The fourth-order valence-electron chi connectivity index (χ4n) is 3.40. The second kappa shape index (κ2) is 4.92. The van der Waals surface area contributed by atoms with Gasteiger partial charge in [0, 0.05) is 17.9 Å². The Bertz CT molecular complexity index is 512. The lowest BCUT2D eigenvalue weighted by Gasteiger charge is -2.40. The third-order valence-corrected chi connectivity index (χ3v) is 5.10. The average molecular weight is 295 g/mol. The zero-order valence-corrected chi connectivity index (χ0v) is 13.1. The van der Waals surface area contributed by atoms with Crippen molar-refractivity contribution in [1.29, 1.82) is 0 Å². The van der Waals surface area contributed by atoms with Crippen LogP contribution in [-0.4, -0.2) is 17.3 Å². The van der Waals surface area contributed by atoms with Crippen LogP contribution in [0.3, 0.4) is 0 Å². The van der Waals surface area contributed by atoms with E-state index in [4.69, 9.17) is 16.3 Å². The number of fused-ring (bicyclic) bond motifs is 1. The molecule has 1 aromatic rings. The summed E-state index contributed by atoms with van der Waals surface area (Å²) >= 11 is 6.20. The summed E-state index contributed by atoms with van der Waals surface area (Å²) < 4.78 is 5.74. The Kier molecular flexibility index (Phi) is 3.50. The van der Waals surface area contributed by atoms with Crippen LogP contribution in [0.2, 0.25) is 5.02 Å². The van der Waals surface area contributed by atoms with E-state index in [2.05, 4.69) is 13.8 Å². The molecule has 2 aliphatic rings. The Labute approximate surface area is 126 Å². The Morgan fingerprint density at radius 2 is 1.90 bits per heavy atom. The number of benzene rings is 1. The lowest BCUT2D eigenvalue weighted by atomic mass is 9.69. The standard InChI is InChI=1S/C17H23ClO2/c1-16(2)4-6-17(19,7-5-16)11-13-10-14(18)9-12-3-8-20-15(12)13/h9-10,19H,3-8,11H2,1-2H3. The molecular weight excluding hydrogens is 272 g/mol. The van der Waals surface area contributed by atoms with E-state index >= 15 is 0 Å². The van der Waals surface area contributed by atoms with E-state index in [0.29, 0.717) is 11.8 Å². The van der Waals surface area contributed by atoms with E-state index in [-0.39, 0.29) is 0 Å². The van der Waals surface area contributed by atoms with E-state index in [9.17, 15) is 5.11 Å². The fraction of sp³-hybridized carbons (Fsp3) is 0.647. The van der Waals surface area contributed by atoms with Crippen molar-refractivity contribution in [2.24, 2.45) is 5.41 Å². The first-order valence-corrected chi connectivity index (χ1v) is 7.91. The molecule has 0 spiro atoms. The molecule has 1 aliphatic carbocycles. The van der Waals surface area contributed by atoms with Crippen molar-refractivity contribution in [1.82, 2.24) is 0 Å². The van der Waals surface area contributed by atoms with Crippen molar-refractivity contribution in [3.63, 3.8) is 0 Å². The fourth-order valence-corrected chi connectivity index (χ4v) is 3.66. The Morgan fingerprint density at radius 3 is 2.60 bits per heavy atom. The van der Waals surface area contributed by atoms with Crippen LogP contribution in [0.5, 0.6) is 5.75 Å². The number of rotatable bonds is 2. The lowest BCUT2D eigenvalue weighted by molar-refractivity contribution is -0.0254. The van der Waals surface area contributed by atoms with Crippen LogP contribution >= 0.6 is 11.6 Å². The van der Waals surface area contributed by atoms with Gasteiger partial charge in [0.05, 0.1) is 12.2 Å². The summed E-state index contributed by atoms with van der Waals surface area (Å²) in [6.07, 6.45) is 5.46. The van der Waals surface area contributed by atoms with Gasteiger partial charge in [-0.2, -0.15) is 0 Å². The second-order valence-corrected chi connectivity index (χ2v) is 7.65. The maximum Gasteiger partial charge on any atom is 0.126 e. The quantitative estimate of drug-likeness (QED) is 0.888. The molecule has 0 bridgehead atoms. The van der Waals surface area contributed by atoms with Gasteiger partial charge in [-0.3, -0.25) is 0 Å². The van der Waals surface area contributed by atoms with E-state index in [1.165, 1.54) is 5.56 Å². The van der Waals surface area contributed by atoms with Crippen molar-refractivity contribution in [2.45, 2.75) is 58.0 Å². The first-order valence-electron chi connectivity index (χ1n) is 7.53. The molecule has 0 radical (unpaired) electrons. The highest BCUT2D eigenvalue weighted by atomic mass is 35.5. The van der Waals surface area contributed by atoms with Gasteiger partial charge in [-0.05, 0) is 54.4 Å². The van der Waals surface area contributed by atoms with Crippen LogP contribution in [0.1, 0.15) is 50.7 Å². The minimum Gasteiger partial charge on any atom is -0.493 e. The molecule has 1 fully saturated rings. The predicted octanol–water partition coefficient (Wildman–Crippen LogP) is 4.15. The molecule has 0 saturated heterocycles. The maximum absolute atomic E-state index is 10.9. The van der Waals surface area contributed by atoms with Crippen molar-refractivity contribution in [3.8, 4) is 5.75 Å². The number of hydrogen-bond donors (Lipinski definition) is 1. The highest BCUT2D eigenvalue weighted by molar-refractivity contribution is 6.30. The molecule has 0 atom stereocenters. The van der Waals surface area contributed by atoms with Gasteiger partial charge in [0.25, 0.3) is 0 Å². The molecule has 1 aromatic carbocycles. The van der Waals surface area contributed by atoms with Crippen LogP contribution in [0.25, 0.3) is 0 Å². The van der Waals surface area contributed by atoms with Gasteiger partial charge in [0.1, 0.15) is 5.75 Å². The Hall–Kier alpha value is -0.730. The van der Waals surface area contributed by atoms with Gasteiger partial charge in [-0.1, -0.05) is 25.4 Å². The van der Waals surface area contributed by atoms with E-state index in [0.717, 1.165) is 55.0 Å². The van der Waals surface area contributed by atoms with Crippen LogP contribution in [-0.2, 0) is 12.8 Å². The van der Waals surface area contributed by atoms with Gasteiger partial charge in [0.15, 0.2) is 0 Å². The minimum absolute atomic E-state index is 0.360. The number of halogens is 1. The number of aliphatic hydroxyl groups is 1. The maximum atomic E-state index is 10.9. The molecule has 1 N–H and O–H groups in total. The minimum atomic E-state index is -0.597.